The number of rotatable bonds is 7. The maximum Gasteiger partial charge on any atom is 0.242 e. The second-order valence-electron chi connectivity index (χ2n) is 4.73. The lowest BCUT2D eigenvalue weighted by Gasteiger charge is -2.15. The first-order valence-electron chi connectivity index (χ1n) is 6.74. The van der Waals surface area contributed by atoms with Crippen molar-refractivity contribution in [3.63, 3.8) is 0 Å². The van der Waals surface area contributed by atoms with Gasteiger partial charge in [-0.15, -0.1) is 0 Å². The van der Waals surface area contributed by atoms with Gasteiger partial charge >= 0.3 is 0 Å². The Balaban J connectivity index is 2.35. The Kier molecular flexibility index (Phi) is 6.26. The molecule has 0 bridgehead atoms. The fraction of sp³-hybridized carbons (Fsp3) is 0.533. The fourth-order valence-corrected chi connectivity index (χ4v) is 1.79. The molecule has 1 unspecified atom stereocenters. The fourth-order valence-electron chi connectivity index (χ4n) is 1.79. The molecule has 0 aromatic heterocycles. The topological polar surface area (TPSA) is 41.1 Å². The van der Waals surface area contributed by atoms with Crippen LogP contribution in [0.25, 0.3) is 0 Å². The third-order valence-electron chi connectivity index (χ3n) is 2.87. The number of nitrogens with one attached hydrogen (secondary N) is 2. The molecule has 3 nitrogen and oxygen atoms in total. The van der Waals surface area contributed by atoms with Crippen LogP contribution in [-0.2, 0) is 4.79 Å². The molecule has 1 amide bonds. The Morgan fingerprint density at radius 2 is 2.11 bits per heavy atom. The number of amides is 1. The minimum Gasteiger partial charge on any atom is -0.374 e. The van der Waals surface area contributed by atoms with Crippen LogP contribution in [0.3, 0.4) is 0 Å². The number of benzene rings is 1. The normalized spacial score (nSPS) is 11.9. The smallest absolute Gasteiger partial charge is 0.242 e. The lowest BCUT2D eigenvalue weighted by atomic mass is 10.2. The maximum absolute atomic E-state index is 11.8. The van der Waals surface area contributed by atoms with Gasteiger partial charge in [0.1, 0.15) is 6.04 Å². The molecule has 0 aliphatic carbocycles. The Morgan fingerprint density at radius 1 is 1.33 bits per heavy atom. The molecule has 18 heavy (non-hydrogen) atoms. The van der Waals surface area contributed by atoms with Crippen molar-refractivity contribution in [3.05, 3.63) is 29.8 Å². The Bertz CT molecular complexity index is 377. The third-order valence-corrected chi connectivity index (χ3v) is 2.87. The van der Waals surface area contributed by atoms with Crippen LogP contribution in [0.15, 0.2) is 24.3 Å². The monoisotopic (exact) mass is 248 g/mol. The lowest BCUT2D eigenvalue weighted by Crippen LogP contribution is -2.38. The number of anilines is 1. The van der Waals surface area contributed by atoms with Crippen LogP contribution in [0.2, 0.25) is 0 Å². The molecule has 100 valence electrons. The van der Waals surface area contributed by atoms with E-state index in [1.165, 1.54) is 18.4 Å². The molecule has 1 aromatic rings. The van der Waals surface area contributed by atoms with Gasteiger partial charge in [0, 0.05) is 12.2 Å². The second-order valence-corrected chi connectivity index (χ2v) is 4.73. The summed E-state index contributed by atoms with van der Waals surface area (Å²) in [7, 11) is 0. The first-order chi connectivity index (χ1) is 8.63. The van der Waals surface area contributed by atoms with Crippen LogP contribution in [0.4, 0.5) is 5.69 Å². The molecule has 0 aliphatic heterocycles. The highest BCUT2D eigenvalue weighted by atomic mass is 16.2. The van der Waals surface area contributed by atoms with Crippen molar-refractivity contribution in [1.82, 2.24) is 5.32 Å². The molecule has 1 atom stereocenters. The molecule has 3 heteroatoms. The minimum atomic E-state index is -0.201. The van der Waals surface area contributed by atoms with Crippen molar-refractivity contribution in [3.8, 4) is 0 Å². The van der Waals surface area contributed by atoms with Gasteiger partial charge in [-0.1, -0.05) is 31.9 Å². The van der Waals surface area contributed by atoms with E-state index in [2.05, 4.69) is 17.6 Å². The molecule has 0 saturated heterocycles. The van der Waals surface area contributed by atoms with E-state index in [0.717, 1.165) is 18.7 Å². The Hall–Kier alpha value is -1.51. The highest BCUT2D eigenvalue weighted by Crippen LogP contribution is 2.10. The molecule has 0 radical (unpaired) electrons. The van der Waals surface area contributed by atoms with E-state index in [1.54, 1.807) is 0 Å². The summed E-state index contributed by atoms with van der Waals surface area (Å²) < 4.78 is 0. The number of hydrogen-bond donors (Lipinski definition) is 2. The summed E-state index contributed by atoms with van der Waals surface area (Å²) in [4.78, 5) is 11.8. The number of carbonyl (C=O) groups is 1. The number of carbonyl (C=O) groups excluding carboxylic acids is 1. The molecule has 2 N–H and O–H groups in total. The molecular formula is C15H24N2O. The molecule has 0 heterocycles. The van der Waals surface area contributed by atoms with Gasteiger partial charge in [0.2, 0.25) is 5.91 Å². The largest absolute Gasteiger partial charge is 0.374 e. The van der Waals surface area contributed by atoms with E-state index < -0.39 is 0 Å². The summed E-state index contributed by atoms with van der Waals surface area (Å²) in [6, 6.07) is 7.85. The Labute approximate surface area is 110 Å². The first kappa shape index (κ1) is 14.6. The van der Waals surface area contributed by atoms with E-state index in [4.69, 9.17) is 0 Å². The summed E-state index contributed by atoms with van der Waals surface area (Å²) in [6.45, 7) is 6.86. The van der Waals surface area contributed by atoms with Gasteiger partial charge in [-0.2, -0.15) is 0 Å². The third kappa shape index (κ3) is 5.21. The SMILES string of the molecule is CCCCCNC(=O)C(C)Nc1cccc(C)c1. The molecule has 1 aromatic carbocycles. The van der Waals surface area contributed by atoms with Crippen LogP contribution >= 0.6 is 0 Å². The van der Waals surface area contributed by atoms with Crippen molar-refractivity contribution in [2.24, 2.45) is 0 Å². The zero-order valence-electron chi connectivity index (χ0n) is 11.6. The highest BCUT2D eigenvalue weighted by molar-refractivity contribution is 5.84. The van der Waals surface area contributed by atoms with Gasteiger partial charge in [0.15, 0.2) is 0 Å². The maximum atomic E-state index is 11.8. The van der Waals surface area contributed by atoms with E-state index in [1.807, 2.05) is 38.1 Å². The van der Waals surface area contributed by atoms with Crippen LogP contribution < -0.4 is 10.6 Å². The summed E-state index contributed by atoms with van der Waals surface area (Å²) in [6.07, 6.45) is 3.40. The number of hydrogen-bond acceptors (Lipinski definition) is 2. The predicted octanol–water partition coefficient (Wildman–Crippen LogP) is 3.10. The summed E-state index contributed by atoms with van der Waals surface area (Å²) in [5.41, 5.74) is 2.18. The van der Waals surface area contributed by atoms with Gasteiger partial charge < -0.3 is 10.6 Å². The van der Waals surface area contributed by atoms with E-state index in [9.17, 15) is 4.79 Å². The van der Waals surface area contributed by atoms with Crippen molar-refractivity contribution < 1.29 is 4.79 Å². The predicted molar refractivity (Wildman–Crippen MR) is 76.8 cm³/mol. The van der Waals surface area contributed by atoms with Gasteiger partial charge in [0.25, 0.3) is 0 Å². The minimum absolute atomic E-state index is 0.0626. The van der Waals surface area contributed by atoms with Crippen molar-refractivity contribution in [2.45, 2.75) is 46.1 Å². The zero-order valence-corrected chi connectivity index (χ0v) is 11.6. The van der Waals surface area contributed by atoms with E-state index >= 15 is 0 Å². The van der Waals surface area contributed by atoms with Crippen LogP contribution in [0.1, 0.15) is 38.7 Å². The number of unbranched alkanes of at least 4 members (excludes halogenated alkanes) is 2. The Morgan fingerprint density at radius 3 is 2.78 bits per heavy atom. The quantitative estimate of drug-likeness (QED) is 0.728. The highest BCUT2D eigenvalue weighted by Gasteiger charge is 2.11. The van der Waals surface area contributed by atoms with E-state index in [-0.39, 0.29) is 11.9 Å². The molecule has 0 spiro atoms. The van der Waals surface area contributed by atoms with Crippen LogP contribution in [0.5, 0.6) is 0 Å². The van der Waals surface area contributed by atoms with Gasteiger partial charge in [-0.05, 0) is 38.0 Å². The standard InChI is InChI=1S/C15H24N2O/c1-4-5-6-10-16-15(18)13(3)17-14-9-7-8-12(2)11-14/h7-9,11,13,17H,4-6,10H2,1-3H3,(H,16,18). The van der Waals surface area contributed by atoms with E-state index in [0.29, 0.717) is 0 Å². The first-order valence-corrected chi connectivity index (χ1v) is 6.74. The lowest BCUT2D eigenvalue weighted by molar-refractivity contribution is -0.121. The number of aryl methyl sites for hydroxylation is 1. The average molecular weight is 248 g/mol. The molecule has 1 rings (SSSR count). The molecule has 0 aliphatic rings. The summed E-state index contributed by atoms with van der Waals surface area (Å²) >= 11 is 0. The summed E-state index contributed by atoms with van der Waals surface area (Å²) in [5, 5.41) is 6.16. The van der Waals surface area contributed by atoms with Gasteiger partial charge in [-0.3, -0.25) is 4.79 Å². The van der Waals surface area contributed by atoms with Crippen LogP contribution in [-0.4, -0.2) is 18.5 Å². The van der Waals surface area contributed by atoms with Crippen LogP contribution in [0, 0.1) is 6.92 Å². The van der Waals surface area contributed by atoms with Crippen molar-refractivity contribution in [1.29, 1.82) is 0 Å². The molecule has 0 fully saturated rings. The van der Waals surface area contributed by atoms with Gasteiger partial charge in [0.05, 0.1) is 0 Å². The van der Waals surface area contributed by atoms with Crippen molar-refractivity contribution >= 4 is 11.6 Å². The molecule has 0 saturated carbocycles. The van der Waals surface area contributed by atoms with Gasteiger partial charge in [-0.25, -0.2) is 0 Å². The molecular weight excluding hydrogens is 224 g/mol. The summed E-state index contributed by atoms with van der Waals surface area (Å²) in [5.74, 6) is 0.0626. The second kappa shape index (κ2) is 7.75. The zero-order chi connectivity index (χ0) is 13.4. The average Bonchev–Trinajstić information content (AvgIpc) is 2.34. The van der Waals surface area contributed by atoms with Crippen molar-refractivity contribution in [2.75, 3.05) is 11.9 Å².